The molecule has 5 rings (SSSR count). The maximum atomic E-state index is 13.3. The maximum absolute atomic E-state index is 13.3. The molecule has 1 unspecified atom stereocenters. The third-order valence-electron chi connectivity index (χ3n) is 7.69. The van der Waals surface area contributed by atoms with Crippen molar-refractivity contribution >= 4 is 9.84 Å². The lowest BCUT2D eigenvalue weighted by atomic mass is 9.88. The Morgan fingerprint density at radius 3 is 2.47 bits per heavy atom. The molecule has 5 nitrogen and oxygen atoms in total. The summed E-state index contributed by atoms with van der Waals surface area (Å²) in [7, 11) is -3.27. The van der Waals surface area contributed by atoms with Gasteiger partial charge in [0.05, 0.1) is 22.2 Å². The molecule has 34 heavy (non-hydrogen) atoms. The van der Waals surface area contributed by atoms with Crippen molar-refractivity contribution in [1.29, 1.82) is 0 Å². The molecular formula is C25H29F3N2O3S. The number of benzene rings is 1. The zero-order valence-corrected chi connectivity index (χ0v) is 20.2. The van der Waals surface area contributed by atoms with Gasteiger partial charge in [0.1, 0.15) is 11.9 Å². The van der Waals surface area contributed by atoms with E-state index in [9.17, 15) is 21.6 Å². The van der Waals surface area contributed by atoms with E-state index in [-0.39, 0.29) is 30.4 Å². The normalized spacial score (nSPS) is 22.9. The standard InChI is InChI=1S/C25H29F3N2O3S/c1-16-11-19(34(2,31)32)3-4-20(16)21-12-18-13-22(33-23(18)14-29-21)17-5-9-30(10-6-17)15-24(7-8-24)25(26,27)28/h3-4,11-12,14,17,22H,5-10,13,15H2,1-2H3. The molecule has 184 valence electrons. The molecule has 1 atom stereocenters. The molecule has 1 aromatic heterocycles. The lowest BCUT2D eigenvalue weighted by Gasteiger charge is -2.36. The van der Waals surface area contributed by atoms with Gasteiger partial charge in [0.25, 0.3) is 0 Å². The van der Waals surface area contributed by atoms with Gasteiger partial charge in [-0.05, 0) is 75.4 Å². The molecule has 0 N–H and O–H groups in total. The first-order valence-electron chi connectivity index (χ1n) is 11.7. The third kappa shape index (κ3) is 4.44. The Morgan fingerprint density at radius 1 is 1.18 bits per heavy atom. The number of nitrogens with zero attached hydrogens (tertiary/aromatic N) is 2. The van der Waals surface area contributed by atoms with Crippen molar-refractivity contribution in [2.45, 2.75) is 56.2 Å². The van der Waals surface area contributed by atoms with Crippen LogP contribution in [0.4, 0.5) is 13.2 Å². The van der Waals surface area contributed by atoms with E-state index in [2.05, 4.69) is 4.98 Å². The lowest BCUT2D eigenvalue weighted by Crippen LogP contribution is -2.44. The fourth-order valence-electron chi connectivity index (χ4n) is 5.33. The number of likely N-dealkylation sites (tertiary alicyclic amines) is 1. The summed E-state index contributed by atoms with van der Waals surface area (Å²) in [5.74, 6) is 1.07. The Morgan fingerprint density at radius 2 is 1.88 bits per heavy atom. The van der Waals surface area contributed by atoms with E-state index in [0.717, 1.165) is 47.4 Å². The highest BCUT2D eigenvalue weighted by atomic mass is 32.2. The highest BCUT2D eigenvalue weighted by Gasteiger charge is 2.63. The number of pyridine rings is 1. The van der Waals surface area contributed by atoms with Gasteiger partial charge in [0, 0.05) is 30.3 Å². The zero-order valence-electron chi connectivity index (χ0n) is 19.4. The quantitative estimate of drug-likeness (QED) is 0.597. The van der Waals surface area contributed by atoms with E-state index in [1.54, 1.807) is 24.4 Å². The summed E-state index contributed by atoms with van der Waals surface area (Å²) in [5.41, 5.74) is 2.09. The average Bonchev–Trinajstić information content (AvgIpc) is 3.43. The maximum Gasteiger partial charge on any atom is 0.395 e. The Bertz CT molecular complexity index is 1200. The summed E-state index contributed by atoms with van der Waals surface area (Å²) in [6, 6.07) is 7.06. The van der Waals surface area contributed by atoms with Gasteiger partial charge in [-0.1, -0.05) is 6.07 Å². The Hall–Kier alpha value is -2.13. The van der Waals surface area contributed by atoms with Crippen molar-refractivity contribution in [3.05, 3.63) is 41.6 Å². The van der Waals surface area contributed by atoms with Gasteiger partial charge >= 0.3 is 6.18 Å². The Balaban J connectivity index is 1.23. The molecule has 0 bridgehead atoms. The number of aromatic nitrogens is 1. The first kappa shape index (κ1) is 23.6. The molecule has 2 aliphatic heterocycles. The highest BCUT2D eigenvalue weighted by molar-refractivity contribution is 7.90. The van der Waals surface area contributed by atoms with Crippen molar-refractivity contribution in [2.24, 2.45) is 11.3 Å². The second-order valence-corrected chi connectivity index (χ2v) is 12.2. The molecule has 9 heteroatoms. The molecule has 2 fully saturated rings. The topological polar surface area (TPSA) is 59.5 Å². The largest absolute Gasteiger partial charge is 0.488 e. The van der Waals surface area contributed by atoms with Crippen LogP contribution in [0.3, 0.4) is 0 Å². The highest BCUT2D eigenvalue weighted by Crippen LogP contribution is 2.58. The number of hydrogen-bond donors (Lipinski definition) is 0. The summed E-state index contributed by atoms with van der Waals surface area (Å²) < 4.78 is 69.7. The molecule has 0 amide bonds. The van der Waals surface area contributed by atoms with E-state index < -0.39 is 21.4 Å². The van der Waals surface area contributed by atoms with Crippen LogP contribution in [-0.4, -0.2) is 56.5 Å². The van der Waals surface area contributed by atoms with Crippen molar-refractivity contribution in [2.75, 3.05) is 25.9 Å². The van der Waals surface area contributed by atoms with Gasteiger partial charge in [-0.2, -0.15) is 13.2 Å². The molecular weight excluding hydrogens is 465 g/mol. The van der Waals surface area contributed by atoms with Crippen molar-refractivity contribution in [3.8, 4) is 17.0 Å². The zero-order chi connectivity index (χ0) is 24.3. The second-order valence-electron chi connectivity index (χ2n) is 10.2. The lowest BCUT2D eigenvalue weighted by molar-refractivity contribution is -0.192. The fraction of sp³-hybridized carbons (Fsp3) is 0.560. The predicted octanol–water partition coefficient (Wildman–Crippen LogP) is 4.82. The molecule has 1 saturated heterocycles. The van der Waals surface area contributed by atoms with Crippen molar-refractivity contribution < 1.29 is 26.3 Å². The van der Waals surface area contributed by atoms with Crippen LogP contribution in [-0.2, 0) is 16.3 Å². The minimum absolute atomic E-state index is 0.0143. The second kappa shape index (κ2) is 8.22. The number of sulfone groups is 1. The Labute approximate surface area is 198 Å². The van der Waals surface area contributed by atoms with Gasteiger partial charge in [-0.3, -0.25) is 4.98 Å². The minimum atomic E-state index is -4.10. The van der Waals surface area contributed by atoms with E-state index in [0.29, 0.717) is 19.0 Å². The summed E-state index contributed by atoms with van der Waals surface area (Å²) in [5, 5.41) is 0. The van der Waals surface area contributed by atoms with Crippen LogP contribution >= 0.6 is 0 Å². The van der Waals surface area contributed by atoms with Gasteiger partial charge in [0.15, 0.2) is 9.84 Å². The van der Waals surface area contributed by atoms with Crippen LogP contribution in [0, 0.1) is 18.3 Å². The van der Waals surface area contributed by atoms with Gasteiger partial charge in [0.2, 0.25) is 0 Å². The number of piperidine rings is 1. The van der Waals surface area contributed by atoms with E-state index in [4.69, 9.17) is 4.74 Å². The number of aryl methyl sites for hydroxylation is 1. The minimum Gasteiger partial charge on any atom is -0.488 e. The molecule has 3 aliphatic rings. The van der Waals surface area contributed by atoms with E-state index >= 15 is 0 Å². The number of halogens is 3. The smallest absolute Gasteiger partial charge is 0.395 e. The third-order valence-corrected chi connectivity index (χ3v) is 8.80. The van der Waals surface area contributed by atoms with Crippen LogP contribution in [0.15, 0.2) is 35.4 Å². The number of hydrogen-bond acceptors (Lipinski definition) is 5. The van der Waals surface area contributed by atoms with Gasteiger partial charge < -0.3 is 9.64 Å². The molecule has 2 aromatic rings. The number of alkyl halides is 3. The molecule has 3 heterocycles. The van der Waals surface area contributed by atoms with Crippen molar-refractivity contribution in [1.82, 2.24) is 9.88 Å². The van der Waals surface area contributed by atoms with Gasteiger partial charge in [-0.25, -0.2) is 8.42 Å². The van der Waals surface area contributed by atoms with Crippen LogP contribution in [0.5, 0.6) is 5.75 Å². The summed E-state index contributed by atoms with van der Waals surface area (Å²) in [6.45, 7) is 3.35. The molecule has 1 aliphatic carbocycles. The predicted molar refractivity (Wildman–Crippen MR) is 123 cm³/mol. The summed E-state index contributed by atoms with van der Waals surface area (Å²) in [4.78, 5) is 6.80. The monoisotopic (exact) mass is 494 g/mol. The van der Waals surface area contributed by atoms with E-state index in [1.165, 1.54) is 6.26 Å². The summed E-state index contributed by atoms with van der Waals surface area (Å²) in [6.07, 6.45) is 1.75. The number of rotatable bonds is 5. The van der Waals surface area contributed by atoms with Crippen LogP contribution in [0.2, 0.25) is 0 Å². The molecule has 0 spiro atoms. The number of fused-ring (bicyclic) bond motifs is 1. The van der Waals surface area contributed by atoms with E-state index in [1.807, 2.05) is 17.9 Å². The molecule has 0 radical (unpaired) electrons. The Kier molecular flexibility index (Phi) is 5.71. The fourth-order valence-corrected chi connectivity index (χ4v) is 6.04. The number of ether oxygens (including phenoxy) is 1. The summed E-state index contributed by atoms with van der Waals surface area (Å²) >= 11 is 0. The first-order valence-corrected chi connectivity index (χ1v) is 13.6. The molecule has 1 saturated carbocycles. The average molecular weight is 495 g/mol. The van der Waals surface area contributed by atoms with Crippen molar-refractivity contribution in [3.63, 3.8) is 0 Å². The first-order chi connectivity index (χ1) is 16.0. The van der Waals surface area contributed by atoms with Crippen LogP contribution < -0.4 is 4.74 Å². The van der Waals surface area contributed by atoms with Gasteiger partial charge in [-0.15, -0.1) is 0 Å². The molecule has 1 aromatic carbocycles. The SMILES string of the molecule is Cc1cc(S(C)(=O)=O)ccc1-c1cc2c(cn1)OC(C1CCN(CC3(C(F)(F)F)CC3)CC1)C2. The van der Waals surface area contributed by atoms with Crippen LogP contribution in [0.25, 0.3) is 11.3 Å². The van der Waals surface area contributed by atoms with Crippen LogP contribution in [0.1, 0.15) is 36.8 Å².